The second-order valence-electron chi connectivity index (χ2n) is 4.35. The Morgan fingerprint density at radius 1 is 1.62 bits per heavy atom. The summed E-state index contributed by atoms with van der Waals surface area (Å²) in [6.07, 6.45) is 3.71. The molecule has 0 atom stereocenters. The minimum atomic E-state index is -0.251. The molecule has 2 heterocycles. The molecule has 0 saturated carbocycles. The maximum atomic E-state index is 11.8. The fraction of sp³-hybridized carbons (Fsp3) is 0.385. The van der Waals surface area contributed by atoms with Crippen LogP contribution in [0.5, 0.6) is 0 Å². The summed E-state index contributed by atoms with van der Waals surface area (Å²) < 4.78 is 6.89. The number of nitrogens with zero attached hydrogens (tertiary/aromatic N) is 4. The Hall–Kier alpha value is -2.66. The number of nitriles is 1. The largest absolute Gasteiger partial charge is 0.383 e. The van der Waals surface area contributed by atoms with E-state index in [9.17, 15) is 4.79 Å². The van der Waals surface area contributed by atoms with E-state index in [0.717, 1.165) is 5.82 Å². The second-order valence-corrected chi connectivity index (χ2v) is 4.35. The SMILES string of the molecule is COCCn1cnnc1CCNC(=O)c1cc(C#N)c[nH]1. The van der Waals surface area contributed by atoms with E-state index in [-0.39, 0.29) is 5.91 Å². The Balaban J connectivity index is 1.83. The highest BCUT2D eigenvalue weighted by atomic mass is 16.5. The molecule has 0 unspecified atom stereocenters. The van der Waals surface area contributed by atoms with Gasteiger partial charge in [0, 0.05) is 32.8 Å². The Bertz CT molecular complexity index is 639. The molecule has 1 amide bonds. The zero-order valence-corrected chi connectivity index (χ0v) is 11.7. The Morgan fingerprint density at radius 2 is 2.48 bits per heavy atom. The zero-order chi connectivity index (χ0) is 15.1. The average Bonchev–Trinajstić information content (AvgIpc) is 3.14. The summed E-state index contributed by atoms with van der Waals surface area (Å²) in [6, 6.07) is 3.47. The number of aromatic nitrogens is 4. The molecule has 8 heteroatoms. The van der Waals surface area contributed by atoms with Crippen LogP contribution in [0.2, 0.25) is 0 Å². The average molecular weight is 288 g/mol. The molecule has 0 bridgehead atoms. The van der Waals surface area contributed by atoms with Gasteiger partial charge in [0.1, 0.15) is 23.9 Å². The number of ether oxygens (including phenoxy) is 1. The number of rotatable bonds is 7. The van der Waals surface area contributed by atoms with Crippen molar-refractivity contribution in [2.45, 2.75) is 13.0 Å². The molecular formula is C13H16N6O2. The van der Waals surface area contributed by atoms with Crippen LogP contribution in [0.25, 0.3) is 0 Å². The Labute approximate surface area is 121 Å². The van der Waals surface area contributed by atoms with Crippen molar-refractivity contribution >= 4 is 5.91 Å². The zero-order valence-electron chi connectivity index (χ0n) is 11.7. The van der Waals surface area contributed by atoms with Gasteiger partial charge in [0.2, 0.25) is 0 Å². The number of carbonyl (C=O) groups excluding carboxylic acids is 1. The molecule has 21 heavy (non-hydrogen) atoms. The molecule has 0 saturated heterocycles. The van der Waals surface area contributed by atoms with Crippen molar-refractivity contribution in [2.24, 2.45) is 0 Å². The van der Waals surface area contributed by atoms with E-state index in [2.05, 4.69) is 20.5 Å². The molecule has 0 aliphatic heterocycles. The van der Waals surface area contributed by atoms with Crippen molar-refractivity contribution in [3.63, 3.8) is 0 Å². The van der Waals surface area contributed by atoms with Gasteiger partial charge in [0.15, 0.2) is 0 Å². The summed E-state index contributed by atoms with van der Waals surface area (Å²) in [7, 11) is 1.64. The third-order valence-corrected chi connectivity index (χ3v) is 2.92. The Morgan fingerprint density at radius 3 is 3.19 bits per heavy atom. The standard InChI is InChI=1S/C13H16N6O2/c1-21-5-4-19-9-17-18-12(19)2-3-15-13(20)11-6-10(7-14)8-16-11/h6,8-9,16H,2-5H2,1H3,(H,15,20). The lowest BCUT2D eigenvalue weighted by Crippen LogP contribution is -2.26. The highest BCUT2D eigenvalue weighted by Gasteiger charge is 2.09. The molecule has 0 aromatic carbocycles. The first-order valence-corrected chi connectivity index (χ1v) is 6.47. The number of nitrogens with one attached hydrogen (secondary N) is 2. The van der Waals surface area contributed by atoms with Crippen LogP contribution in [0, 0.1) is 11.3 Å². The molecule has 8 nitrogen and oxygen atoms in total. The first-order chi connectivity index (χ1) is 10.2. The Kier molecular flexibility index (Phi) is 5.06. The van der Waals surface area contributed by atoms with E-state index in [1.807, 2.05) is 10.6 Å². The maximum Gasteiger partial charge on any atom is 0.267 e. The summed E-state index contributed by atoms with van der Waals surface area (Å²) in [4.78, 5) is 14.6. The fourth-order valence-electron chi connectivity index (χ4n) is 1.82. The third kappa shape index (κ3) is 3.90. The summed E-state index contributed by atoms with van der Waals surface area (Å²) in [5, 5.41) is 19.3. The molecule has 2 N–H and O–H groups in total. The monoisotopic (exact) mass is 288 g/mol. The van der Waals surface area contributed by atoms with Gasteiger partial charge in [-0.3, -0.25) is 4.79 Å². The molecule has 110 valence electrons. The van der Waals surface area contributed by atoms with Gasteiger partial charge >= 0.3 is 0 Å². The van der Waals surface area contributed by atoms with Gasteiger partial charge < -0.3 is 19.6 Å². The van der Waals surface area contributed by atoms with E-state index in [1.165, 1.54) is 12.3 Å². The van der Waals surface area contributed by atoms with Crippen molar-refractivity contribution in [3.8, 4) is 6.07 Å². The van der Waals surface area contributed by atoms with Gasteiger partial charge in [-0.25, -0.2) is 0 Å². The van der Waals surface area contributed by atoms with E-state index in [0.29, 0.717) is 37.4 Å². The molecule has 2 aromatic rings. The van der Waals surface area contributed by atoms with Crippen LogP contribution in [0.3, 0.4) is 0 Å². The van der Waals surface area contributed by atoms with Gasteiger partial charge in [0.05, 0.1) is 12.2 Å². The van der Waals surface area contributed by atoms with Crippen molar-refractivity contribution in [2.75, 3.05) is 20.3 Å². The number of carbonyl (C=O) groups is 1. The molecule has 0 fully saturated rings. The lowest BCUT2D eigenvalue weighted by molar-refractivity contribution is 0.0949. The third-order valence-electron chi connectivity index (χ3n) is 2.92. The molecule has 2 rings (SSSR count). The van der Waals surface area contributed by atoms with Crippen LogP contribution in [-0.4, -0.2) is 45.9 Å². The number of H-pyrrole nitrogens is 1. The molecule has 0 radical (unpaired) electrons. The van der Waals surface area contributed by atoms with Crippen LogP contribution in [-0.2, 0) is 17.7 Å². The number of methoxy groups -OCH3 is 1. The summed E-state index contributed by atoms with van der Waals surface area (Å²) in [6.45, 7) is 1.69. The van der Waals surface area contributed by atoms with E-state index >= 15 is 0 Å². The van der Waals surface area contributed by atoms with Gasteiger partial charge in [-0.2, -0.15) is 5.26 Å². The highest BCUT2D eigenvalue weighted by Crippen LogP contribution is 2.02. The predicted molar refractivity (Wildman–Crippen MR) is 73.4 cm³/mol. The van der Waals surface area contributed by atoms with Gasteiger partial charge in [0.25, 0.3) is 5.91 Å². The van der Waals surface area contributed by atoms with Crippen LogP contribution in [0.1, 0.15) is 21.9 Å². The van der Waals surface area contributed by atoms with Crippen LogP contribution in [0.4, 0.5) is 0 Å². The van der Waals surface area contributed by atoms with E-state index in [4.69, 9.17) is 10.00 Å². The quantitative estimate of drug-likeness (QED) is 0.751. The summed E-state index contributed by atoms with van der Waals surface area (Å²) in [5.74, 6) is 0.538. The van der Waals surface area contributed by atoms with E-state index < -0.39 is 0 Å². The van der Waals surface area contributed by atoms with Crippen molar-refractivity contribution in [1.29, 1.82) is 5.26 Å². The van der Waals surface area contributed by atoms with Crippen molar-refractivity contribution in [3.05, 3.63) is 35.7 Å². The summed E-state index contributed by atoms with van der Waals surface area (Å²) >= 11 is 0. The molecule has 0 aliphatic rings. The highest BCUT2D eigenvalue weighted by molar-refractivity contribution is 5.92. The minimum Gasteiger partial charge on any atom is -0.383 e. The molecule has 0 spiro atoms. The van der Waals surface area contributed by atoms with Gasteiger partial charge in [-0.15, -0.1) is 10.2 Å². The molecule has 2 aromatic heterocycles. The number of aromatic amines is 1. The number of amides is 1. The molecular weight excluding hydrogens is 272 g/mol. The lowest BCUT2D eigenvalue weighted by atomic mass is 10.3. The maximum absolute atomic E-state index is 11.8. The minimum absolute atomic E-state index is 0.251. The van der Waals surface area contributed by atoms with Crippen LogP contribution >= 0.6 is 0 Å². The first-order valence-electron chi connectivity index (χ1n) is 6.47. The molecule has 0 aliphatic carbocycles. The van der Waals surface area contributed by atoms with Gasteiger partial charge in [-0.05, 0) is 6.07 Å². The fourth-order valence-corrected chi connectivity index (χ4v) is 1.82. The summed E-state index contributed by atoms with van der Waals surface area (Å²) in [5.41, 5.74) is 0.798. The predicted octanol–water partition coefficient (Wildman–Crippen LogP) is 0.0968. The van der Waals surface area contributed by atoms with Crippen molar-refractivity contribution in [1.82, 2.24) is 25.1 Å². The smallest absolute Gasteiger partial charge is 0.267 e. The van der Waals surface area contributed by atoms with Crippen molar-refractivity contribution < 1.29 is 9.53 Å². The number of hydrogen-bond donors (Lipinski definition) is 2. The van der Waals surface area contributed by atoms with Gasteiger partial charge in [-0.1, -0.05) is 0 Å². The topological polar surface area (TPSA) is 109 Å². The second kappa shape index (κ2) is 7.21. The van der Waals surface area contributed by atoms with Crippen LogP contribution in [0.15, 0.2) is 18.6 Å². The lowest BCUT2D eigenvalue weighted by Gasteiger charge is -2.06. The van der Waals surface area contributed by atoms with E-state index in [1.54, 1.807) is 13.4 Å². The normalized spacial score (nSPS) is 10.3. The first kappa shape index (κ1) is 14.7. The van der Waals surface area contributed by atoms with Crippen LogP contribution < -0.4 is 5.32 Å². The number of hydrogen-bond acceptors (Lipinski definition) is 5.